The van der Waals surface area contributed by atoms with Crippen LogP contribution in [0.3, 0.4) is 0 Å². The molecule has 0 saturated carbocycles. The van der Waals surface area contributed by atoms with Crippen molar-refractivity contribution in [2.75, 3.05) is 0 Å². The summed E-state index contributed by atoms with van der Waals surface area (Å²) in [6.45, 7) is 2.51. The number of nitrogens with zero attached hydrogens (tertiary/aromatic N) is 3. The van der Waals surface area contributed by atoms with Crippen molar-refractivity contribution < 1.29 is 4.39 Å². The first-order valence-electron chi connectivity index (χ1n) is 7.18. The van der Waals surface area contributed by atoms with Crippen LogP contribution in [-0.2, 0) is 6.54 Å². The van der Waals surface area contributed by atoms with Gasteiger partial charge in [0.2, 0.25) is 0 Å². The largest absolute Gasteiger partial charge is 0.278 e. The molecule has 1 aromatic heterocycles. The number of benzene rings is 2. The summed E-state index contributed by atoms with van der Waals surface area (Å²) in [5.41, 5.74) is 5.16. The van der Waals surface area contributed by atoms with Crippen molar-refractivity contribution in [3.63, 3.8) is 0 Å². The minimum atomic E-state index is -0.256. The Hall–Kier alpha value is -2.75. The molecule has 0 N–H and O–H groups in total. The fraction of sp³-hybridized carbons (Fsp3) is 0.111. The number of aliphatic imine (C=N–C) groups is 1. The monoisotopic (exact) mass is 291 g/mol. The van der Waals surface area contributed by atoms with Crippen molar-refractivity contribution in [2.24, 2.45) is 4.99 Å². The van der Waals surface area contributed by atoms with Crippen LogP contribution in [0.4, 0.5) is 4.39 Å². The molecule has 0 unspecified atom stereocenters. The van der Waals surface area contributed by atoms with E-state index in [1.807, 2.05) is 41.9 Å². The Morgan fingerprint density at radius 2 is 1.91 bits per heavy atom. The summed E-state index contributed by atoms with van der Waals surface area (Å²) in [5.74, 6) is -0.256. The van der Waals surface area contributed by atoms with Gasteiger partial charge < -0.3 is 0 Å². The van der Waals surface area contributed by atoms with Gasteiger partial charge >= 0.3 is 0 Å². The molecular weight excluding hydrogens is 277 g/mol. The van der Waals surface area contributed by atoms with Crippen molar-refractivity contribution in [3.05, 3.63) is 82.9 Å². The van der Waals surface area contributed by atoms with Crippen LogP contribution < -0.4 is 0 Å². The van der Waals surface area contributed by atoms with Crippen LogP contribution in [0.25, 0.3) is 5.69 Å². The fourth-order valence-corrected chi connectivity index (χ4v) is 2.82. The molecule has 0 amide bonds. The second-order valence-electron chi connectivity index (χ2n) is 5.40. The van der Waals surface area contributed by atoms with Crippen molar-refractivity contribution >= 4 is 5.71 Å². The molecular formula is C18H14FN3. The summed E-state index contributed by atoms with van der Waals surface area (Å²) in [6, 6.07) is 14.8. The molecule has 0 bridgehead atoms. The first kappa shape index (κ1) is 13.0. The topological polar surface area (TPSA) is 30.2 Å². The van der Waals surface area contributed by atoms with E-state index in [0.29, 0.717) is 17.8 Å². The van der Waals surface area contributed by atoms with Crippen molar-refractivity contribution in [3.8, 4) is 5.69 Å². The van der Waals surface area contributed by atoms with E-state index in [-0.39, 0.29) is 5.82 Å². The average molecular weight is 291 g/mol. The highest BCUT2D eigenvalue weighted by molar-refractivity contribution is 6.15. The zero-order chi connectivity index (χ0) is 15.1. The van der Waals surface area contributed by atoms with Gasteiger partial charge in [-0.25, -0.2) is 9.07 Å². The quantitative estimate of drug-likeness (QED) is 0.673. The summed E-state index contributed by atoms with van der Waals surface area (Å²) >= 11 is 0. The van der Waals surface area contributed by atoms with E-state index in [1.165, 1.54) is 6.07 Å². The van der Waals surface area contributed by atoms with E-state index in [1.54, 1.807) is 18.3 Å². The predicted molar refractivity (Wildman–Crippen MR) is 84.0 cm³/mol. The predicted octanol–water partition coefficient (Wildman–Crippen LogP) is 3.67. The lowest BCUT2D eigenvalue weighted by Gasteiger charge is -2.12. The molecule has 1 aliphatic heterocycles. The van der Waals surface area contributed by atoms with Crippen molar-refractivity contribution in [1.82, 2.24) is 9.78 Å². The van der Waals surface area contributed by atoms with Crippen LogP contribution in [0.15, 0.2) is 59.7 Å². The zero-order valence-electron chi connectivity index (χ0n) is 12.1. The maximum Gasteiger partial charge on any atom is 0.132 e. The van der Waals surface area contributed by atoms with Gasteiger partial charge in [0, 0.05) is 17.3 Å². The van der Waals surface area contributed by atoms with Gasteiger partial charge in [-0.05, 0) is 37.3 Å². The van der Waals surface area contributed by atoms with Gasteiger partial charge in [0.15, 0.2) is 0 Å². The second kappa shape index (κ2) is 4.91. The summed E-state index contributed by atoms with van der Waals surface area (Å²) in [5, 5.41) is 4.39. The molecule has 0 spiro atoms. The Balaban J connectivity index is 2.01. The first-order chi connectivity index (χ1) is 10.7. The SMILES string of the molecule is Cc1ccc2c(c1)C(c1ccccc1F)=NCc1ccnn1-2. The van der Waals surface area contributed by atoms with Crippen LogP contribution in [0, 0.1) is 12.7 Å². The zero-order valence-corrected chi connectivity index (χ0v) is 12.1. The molecule has 0 fully saturated rings. The third kappa shape index (κ3) is 1.96. The summed E-state index contributed by atoms with van der Waals surface area (Å²) in [6.07, 6.45) is 1.77. The summed E-state index contributed by atoms with van der Waals surface area (Å²) in [7, 11) is 0. The van der Waals surface area contributed by atoms with Crippen LogP contribution in [0.1, 0.15) is 22.4 Å². The first-order valence-corrected chi connectivity index (χ1v) is 7.18. The Morgan fingerprint density at radius 1 is 1.05 bits per heavy atom. The summed E-state index contributed by atoms with van der Waals surface area (Å²) < 4.78 is 16.1. The van der Waals surface area contributed by atoms with Crippen molar-refractivity contribution in [1.29, 1.82) is 0 Å². The van der Waals surface area contributed by atoms with Gasteiger partial charge in [0.1, 0.15) is 5.82 Å². The lowest BCUT2D eigenvalue weighted by molar-refractivity contribution is 0.625. The van der Waals surface area contributed by atoms with Gasteiger partial charge in [-0.1, -0.05) is 23.8 Å². The smallest absolute Gasteiger partial charge is 0.132 e. The second-order valence-corrected chi connectivity index (χ2v) is 5.40. The van der Waals surface area contributed by atoms with Gasteiger partial charge in [-0.2, -0.15) is 5.10 Å². The average Bonchev–Trinajstić information content (AvgIpc) is 2.92. The minimum absolute atomic E-state index is 0.256. The number of hydrogen-bond acceptors (Lipinski definition) is 2. The number of aromatic nitrogens is 2. The normalized spacial score (nSPS) is 13.1. The number of halogens is 1. The van der Waals surface area contributed by atoms with Gasteiger partial charge in [-0.15, -0.1) is 0 Å². The Morgan fingerprint density at radius 3 is 2.77 bits per heavy atom. The maximum atomic E-state index is 14.3. The van der Waals surface area contributed by atoms with Crippen LogP contribution in [0.5, 0.6) is 0 Å². The molecule has 4 rings (SSSR count). The molecule has 3 aromatic rings. The number of rotatable bonds is 1. The molecule has 2 heterocycles. The highest BCUT2D eigenvalue weighted by atomic mass is 19.1. The lowest BCUT2D eigenvalue weighted by atomic mass is 9.98. The molecule has 0 atom stereocenters. The Kier molecular flexibility index (Phi) is 2.89. The van der Waals surface area contributed by atoms with E-state index in [4.69, 9.17) is 0 Å². The maximum absolute atomic E-state index is 14.3. The summed E-state index contributed by atoms with van der Waals surface area (Å²) in [4.78, 5) is 4.67. The number of fused-ring (bicyclic) bond motifs is 3. The Bertz CT molecular complexity index is 893. The van der Waals surface area contributed by atoms with E-state index in [2.05, 4.69) is 10.1 Å². The van der Waals surface area contributed by atoms with Crippen molar-refractivity contribution in [2.45, 2.75) is 13.5 Å². The van der Waals surface area contributed by atoms with E-state index < -0.39 is 0 Å². The lowest BCUT2D eigenvalue weighted by Crippen LogP contribution is -2.10. The number of hydrogen-bond donors (Lipinski definition) is 0. The van der Waals surface area contributed by atoms with Gasteiger partial charge in [0.05, 0.1) is 23.6 Å². The molecule has 3 nitrogen and oxygen atoms in total. The highest BCUT2D eigenvalue weighted by Gasteiger charge is 2.20. The molecule has 1 aliphatic rings. The van der Waals surface area contributed by atoms with Gasteiger partial charge in [-0.3, -0.25) is 4.99 Å². The van der Waals surface area contributed by atoms with E-state index in [9.17, 15) is 4.39 Å². The molecule has 2 aromatic carbocycles. The van der Waals surface area contributed by atoms with Gasteiger partial charge in [0.25, 0.3) is 0 Å². The van der Waals surface area contributed by atoms with Crippen LogP contribution in [-0.4, -0.2) is 15.5 Å². The molecule has 0 radical (unpaired) electrons. The third-order valence-electron chi connectivity index (χ3n) is 3.88. The fourth-order valence-electron chi connectivity index (χ4n) is 2.82. The molecule has 22 heavy (non-hydrogen) atoms. The molecule has 108 valence electrons. The molecule has 0 aliphatic carbocycles. The number of aryl methyl sites for hydroxylation is 1. The standard InChI is InChI=1S/C18H14FN3/c1-12-6-7-17-15(10-12)18(14-4-2-3-5-16(14)19)20-11-13-8-9-21-22(13)17/h2-10H,11H2,1H3. The molecule has 0 saturated heterocycles. The highest BCUT2D eigenvalue weighted by Crippen LogP contribution is 2.26. The third-order valence-corrected chi connectivity index (χ3v) is 3.88. The van der Waals surface area contributed by atoms with Crippen LogP contribution in [0.2, 0.25) is 0 Å². The van der Waals surface area contributed by atoms with E-state index >= 15 is 0 Å². The Labute approximate surface area is 127 Å². The van der Waals surface area contributed by atoms with Crippen LogP contribution >= 0.6 is 0 Å². The minimum Gasteiger partial charge on any atom is -0.278 e. The molecule has 4 heteroatoms. The van der Waals surface area contributed by atoms with E-state index in [0.717, 1.165) is 22.5 Å².